The molecule has 3 aromatic rings. The summed E-state index contributed by atoms with van der Waals surface area (Å²) in [5.41, 5.74) is 5.38. The molecule has 3 heterocycles. The van der Waals surface area contributed by atoms with Gasteiger partial charge in [0, 0.05) is 30.9 Å². The topological polar surface area (TPSA) is 68.1 Å². The predicted molar refractivity (Wildman–Crippen MR) is 130 cm³/mol. The number of sulfonamides is 1. The maximum atomic E-state index is 13.5. The minimum Gasteiger partial charge on any atom is -0.265 e. The number of pyridine rings is 1. The summed E-state index contributed by atoms with van der Waals surface area (Å²) >= 11 is 0. The van der Waals surface area contributed by atoms with E-state index in [0.717, 1.165) is 35.3 Å². The van der Waals surface area contributed by atoms with Crippen molar-refractivity contribution in [3.05, 3.63) is 77.4 Å². The molecule has 2 aliphatic rings. The zero-order valence-corrected chi connectivity index (χ0v) is 20.4. The first kappa shape index (κ1) is 22.0. The van der Waals surface area contributed by atoms with Gasteiger partial charge >= 0.3 is 0 Å². The molecule has 0 spiro atoms. The Balaban J connectivity index is 1.42. The van der Waals surface area contributed by atoms with Crippen molar-refractivity contribution in [1.82, 2.24) is 19.1 Å². The van der Waals surface area contributed by atoms with Crippen LogP contribution < -0.4 is 0 Å². The third-order valence-corrected chi connectivity index (χ3v) is 8.83. The van der Waals surface area contributed by atoms with Crippen LogP contribution in [0, 0.1) is 5.41 Å². The number of piperidine rings is 1. The van der Waals surface area contributed by atoms with Crippen molar-refractivity contribution < 1.29 is 8.42 Å². The zero-order chi connectivity index (χ0) is 23.4. The second kappa shape index (κ2) is 7.64. The van der Waals surface area contributed by atoms with Crippen LogP contribution in [0.3, 0.4) is 0 Å². The highest BCUT2D eigenvalue weighted by atomic mass is 32.2. The number of aromatic nitrogens is 3. The molecule has 1 aromatic carbocycles. The van der Waals surface area contributed by atoms with Crippen molar-refractivity contribution in [2.24, 2.45) is 5.41 Å². The first-order valence-electron chi connectivity index (χ1n) is 11.4. The molecule has 33 heavy (non-hydrogen) atoms. The zero-order valence-electron chi connectivity index (χ0n) is 19.6. The van der Waals surface area contributed by atoms with E-state index in [9.17, 15) is 8.42 Å². The van der Waals surface area contributed by atoms with Crippen LogP contribution in [0.15, 0.2) is 65.5 Å². The molecule has 1 atom stereocenters. The number of hydrogen-bond acceptors (Lipinski definition) is 4. The van der Waals surface area contributed by atoms with Gasteiger partial charge in [0.05, 0.1) is 22.5 Å². The van der Waals surface area contributed by atoms with Gasteiger partial charge in [0.1, 0.15) is 0 Å². The van der Waals surface area contributed by atoms with Crippen molar-refractivity contribution in [3.8, 4) is 5.69 Å². The van der Waals surface area contributed by atoms with Crippen LogP contribution in [0.2, 0.25) is 0 Å². The summed E-state index contributed by atoms with van der Waals surface area (Å²) in [6.07, 6.45) is 9.15. The first-order valence-corrected chi connectivity index (χ1v) is 12.8. The molecule has 2 aromatic heterocycles. The molecule has 1 unspecified atom stereocenters. The van der Waals surface area contributed by atoms with E-state index in [-0.39, 0.29) is 10.8 Å². The molecule has 1 fully saturated rings. The number of benzene rings is 1. The Morgan fingerprint density at radius 3 is 2.39 bits per heavy atom. The van der Waals surface area contributed by atoms with Gasteiger partial charge in [0.2, 0.25) is 10.0 Å². The average Bonchev–Trinajstić information content (AvgIpc) is 3.18. The lowest BCUT2D eigenvalue weighted by Gasteiger charge is -2.43. The molecule has 0 amide bonds. The smallest absolute Gasteiger partial charge is 0.243 e. The Labute approximate surface area is 196 Å². The second-order valence-corrected chi connectivity index (χ2v) is 12.4. The Hall–Kier alpha value is -2.77. The number of rotatable bonds is 3. The summed E-state index contributed by atoms with van der Waals surface area (Å²) in [6.45, 7) is 9.53. The van der Waals surface area contributed by atoms with E-state index in [1.807, 2.05) is 35.1 Å². The highest BCUT2D eigenvalue weighted by molar-refractivity contribution is 7.89. The molecule has 6 nitrogen and oxygen atoms in total. The lowest BCUT2D eigenvalue weighted by Crippen LogP contribution is -2.47. The molecule has 0 radical (unpaired) electrons. The maximum absolute atomic E-state index is 13.5. The summed E-state index contributed by atoms with van der Waals surface area (Å²) in [5.74, 6) is 0. The fourth-order valence-corrected chi connectivity index (χ4v) is 6.54. The molecule has 1 saturated heterocycles. The van der Waals surface area contributed by atoms with Gasteiger partial charge in [-0.15, -0.1) is 0 Å². The van der Waals surface area contributed by atoms with E-state index >= 15 is 0 Å². The Morgan fingerprint density at radius 2 is 1.73 bits per heavy atom. The number of fused-ring (bicyclic) bond motifs is 2. The van der Waals surface area contributed by atoms with E-state index in [0.29, 0.717) is 18.0 Å². The molecule has 0 bridgehead atoms. The lowest BCUT2D eigenvalue weighted by molar-refractivity contribution is 0.231. The molecular formula is C26H30N4O2S. The van der Waals surface area contributed by atoms with Crippen LogP contribution in [0.4, 0.5) is 0 Å². The molecule has 172 valence electrons. The normalized spacial score (nSPS) is 21.3. The van der Waals surface area contributed by atoms with E-state index < -0.39 is 10.0 Å². The maximum Gasteiger partial charge on any atom is 0.243 e. The van der Waals surface area contributed by atoms with Crippen molar-refractivity contribution in [3.63, 3.8) is 0 Å². The lowest BCUT2D eigenvalue weighted by atomic mass is 9.70. The van der Waals surface area contributed by atoms with E-state index in [1.54, 1.807) is 28.8 Å². The van der Waals surface area contributed by atoms with Crippen molar-refractivity contribution in [1.29, 1.82) is 0 Å². The molecule has 1 aliphatic carbocycles. The van der Waals surface area contributed by atoms with Crippen molar-refractivity contribution in [2.45, 2.75) is 50.8 Å². The van der Waals surface area contributed by atoms with Crippen LogP contribution in [-0.2, 0) is 21.9 Å². The SMILES string of the molecule is CC12Cc3cnn(-c4ccncc4)c3C=C1CCN(S(=O)(=O)c1ccc(C(C)(C)C)cc1)C2. The standard InChI is InChI=1S/C26H30N4O2S/c1-25(2,3)20-5-7-23(8-6-20)33(31,32)29-14-11-21-15-24-19(16-26(21,4)18-29)17-28-30(24)22-9-12-27-13-10-22/h5-10,12-13,15,17H,11,14,16,18H2,1-4H3. The number of nitrogens with zero attached hydrogens (tertiary/aromatic N) is 4. The van der Waals surface area contributed by atoms with Gasteiger partial charge in [0.25, 0.3) is 0 Å². The second-order valence-electron chi connectivity index (χ2n) is 10.4. The minimum atomic E-state index is -3.55. The van der Waals surface area contributed by atoms with Crippen LogP contribution in [0.5, 0.6) is 0 Å². The summed E-state index contributed by atoms with van der Waals surface area (Å²) < 4.78 is 30.6. The third-order valence-electron chi connectivity index (χ3n) is 6.97. The van der Waals surface area contributed by atoms with Crippen LogP contribution in [-0.4, -0.2) is 40.6 Å². The van der Waals surface area contributed by atoms with Crippen LogP contribution in [0.1, 0.15) is 50.9 Å². The van der Waals surface area contributed by atoms with Crippen LogP contribution >= 0.6 is 0 Å². The molecule has 0 saturated carbocycles. The van der Waals surface area contributed by atoms with Gasteiger partial charge in [-0.1, -0.05) is 45.4 Å². The highest BCUT2D eigenvalue weighted by Gasteiger charge is 2.43. The van der Waals surface area contributed by atoms with Crippen molar-refractivity contribution >= 4 is 16.1 Å². The van der Waals surface area contributed by atoms with Gasteiger partial charge in [0.15, 0.2) is 0 Å². The third kappa shape index (κ3) is 3.83. The quantitative estimate of drug-likeness (QED) is 0.570. The van der Waals surface area contributed by atoms with E-state index in [1.165, 1.54) is 5.57 Å². The fourth-order valence-electron chi connectivity index (χ4n) is 4.97. The predicted octanol–water partition coefficient (Wildman–Crippen LogP) is 4.61. The highest BCUT2D eigenvalue weighted by Crippen LogP contribution is 2.44. The number of hydrogen-bond donors (Lipinski definition) is 0. The summed E-state index contributed by atoms with van der Waals surface area (Å²) in [6, 6.07) is 11.3. The summed E-state index contributed by atoms with van der Waals surface area (Å²) in [7, 11) is -3.55. The average molecular weight is 463 g/mol. The molecule has 0 N–H and O–H groups in total. The fraction of sp³-hybridized carbons (Fsp3) is 0.385. The molecule has 1 aliphatic heterocycles. The monoisotopic (exact) mass is 462 g/mol. The van der Waals surface area contributed by atoms with Crippen molar-refractivity contribution in [2.75, 3.05) is 13.1 Å². The largest absolute Gasteiger partial charge is 0.265 e. The van der Waals surface area contributed by atoms with Gasteiger partial charge in [-0.25, -0.2) is 13.1 Å². The Bertz CT molecular complexity index is 1320. The first-order chi connectivity index (χ1) is 15.6. The van der Waals surface area contributed by atoms with Gasteiger partial charge < -0.3 is 0 Å². The molecule has 5 rings (SSSR count). The molecular weight excluding hydrogens is 432 g/mol. The van der Waals surface area contributed by atoms with Gasteiger partial charge in [-0.05, 0) is 59.7 Å². The van der Waals surface area contributed by atoms with Crippen LogP contribution in [0.25, 0.3) is 11.8 Å². The van der Waals surface area contributed by atoms with E-state index in [2.05, 4.69) is 43.9 Å². The van der Waals surface area contributed by atoms with Gasteiger partial charge in [-0.2, -0.15) is 9.40 Å². The van der Waals surface area contributed by atoms with E-state index in [4.69, 9.17) is 0 Å². The Morgan fingerprint density at radius 1 is 1.03 bits per heavy atom. The summed E-state index contributed by atoms with van der Waals surface area (Å²) in [5, 5.41) is 4.61. The minimum absolute atomic E-state index is 0.0128. The molecule has 7 heteroatoms. The van der Waals surface area contributed by atoms with Gasteiger partial charge in [-0.3, -0.25) is 4.98 Å². The Kier molecular flexibility index (Phi) is 5.10. The summed E-state index contributed by atoms with van der Waals surface area (Å²) in [4.78, 5) is 4.47.